The van der Waals surface area contributed by atoms with Crippen molar-refractivity contribution in [1.82, 2.24) is 10.2 Å². The molecule has 0 unspecified atom stereocenters. The second-order valence-corrected chi connectivity index (χ2v) is 9.30. The SMILES string of the molecule is CC[C@@H](C(=O)NC(C)(C)C)N(Cc1cccc(C)c1)C(=O)CCCOc1ccc(OC)cc1. The van der Waals surface area contributed by atoms with Crippen LogP contribution in [0.25, 0.3) is 0 Å². The number of carbonyl (C=O) groups is 2. The number of rotatable bonds is 11. The Labute approximate surface area is 198 Å². The summed E-state index contributed by atoms with van der Waals surface area (Å²) >= 11 is 0. The Kier molecular flexibility index (Phi) is 9.76. The summed E-state index contributed by atoms with van der Waals surface area (Å²) in [5.41, 5.74) is 1.77. The lowest BCUT2D eigenvalue weighted by atomic mass is 10.0. The second-order valence-electron chi connectivity index (χ2n) is 9.30. The van der Waals surface area contributed by atoms with E-state index in [2.05, 4.69) is 11.4 Å². The van der Waals surface area contributed by atoms with E-state index in [1.54, 1.807) is 12.0 Å². The van der Waals surface area contributed by atoms with Crippen molar-refractivity contribution in [1.29, 1.82) is 0 Å². The van der Waals surface area contributed by atoms with Crippen LogP contribution >= 0.6 is 0 Å². The Morgan fingerprint density at radius 3 is 2.30 bits per heavy atom. The second kappa shape index (κ2) is 12.3. The molecule has 180 valence electrons. The van der Waals surface area contributed by atoms with Gasteiger partial charge in [0.05, 0.1) is 13.7 Å². The Hall–Kier alpha value is -3.02. The first-order chi connectivity index (χ1) is 15.6. The molecule has 0 bridgehead atoms. The molecule has 1 N–H and O–H groups in total. The summed E-state index contributed by atoms with van der Waals surface area (Å²) in [6, 6.07) is 14.9. The maximum atomic E-state index is 13.3. The monoisotopic (exact) mass is 454 g/mol. The highest BCUT2D eigenvalue weighted by Crippen LogP contribution is 2.19. The molecule has 0 spiro atoms. The van der Waals surface area contributed by atoms with Gasteiger partial charge in [-0.25, -0.2) is 0 Å². The Bertz CT molecular complexity index is 903. The summed E-state index contributed by atoms with van der Waals surface area (Å²) in [5, 5.41) is 3.03. The highest BCUT2D eigenvalue weighted by Gasteiger charge is 2.30. The first-order valence-electron chi connectivity index (χ1n) is 11.6. The Morgan fingerprint density at radius 2 is 1.73 bits per heavy atom. The van der Waals surface area contributed by atoms with Crippen LogP contribution in [0, 0.1) is 6.92 Å². The quantitative estimate of drug-likeness (QED) is 0.491. The number of benzene rings is 2. The van der Waals surface area contributed by atoms with Gasteiger partial charge in [-0.05, 0) is 70.4 Å². The third-order valence-electron chi connectivity index (χ3n) is 5.18. The van der Waals surface area contributed by atoms with E-state index in [0.29, 0.717) is 32.4 Å². The zero-order valence-electron chi connectivity index (χ0n) is 20.8. The van der Waals surface area contributed by atoms with Crippen molar-refractivity contribution in [2.24, 2.45) is 0 Å². The molecule has 2 aromatic rings. The standard InChI is InChI=1S/C27H38N2O4/c1-7-24(26(31)28-27(3,4)5)29(19-21-11-8-10-20(2)18-21)25(30)12-9-17-33-23-15-13-22(32-6)14-16-23/h8,10-11,13-16,18,24H,7,9,12,17,19H2,1-6H3,(H,28,31)/t24-/m0/s1. The van der Waals surface area contributed by atoms with E-state index in [1.807, 2.05) is 77.1 Å². The molecule has 2 amide bonds. The molecule has 0 radical (unpaired) electrons. The molecule has 6 nitrogen and oxygen atoms in total. The number of nitrogens with zero attached hydrogens (tertiary/aromatic N) is 1. The summed E-state index contributed by atoms with van der Waals surface area (Å²) in [7, 11) is 1.62. The molecule has 0 aromatic heterocycles. The normalized spacial score (nSPS) is 12.1. The fourth-order valence-electron chi connectivity index (χ4n) is 3.61. The molecule has 6 heteroatoms. The highest BCUT2D eigenvalue weighted by atomic mass is 16.5. The van der Waals surface area contributed by atoms with Gasteiger partial charge in [0.15, 0.2) is 0 Å². The zero-order chi connectivity index (χ0) is 24.4. The van der Waals surface area contributed by atoms with Crippen LogP contribution in [0.4, 0.5) is 0 Å². The number of nitrogens with one attached hydrogen (secondary N) is 1. The third kappa shape index (κ3) is 8.79. The van der Waals surface area contributed by atoms with Crippen molar-refractivity contribution in [2.75, 3.05) is 13.7 Å². The molecule has 0 aliphatic heterocycles. The van der Waals surface area contributed by atoms with Gasteiger partial charge in [0.2, 0.25) is 11.8 Å². The third-order valence-corrected chi connectivity index (χ3v) is 5.18. The van der Waals surface area contributed by atoms with Gasteiger partial charge in [-0.2, -0.15) is 0 Å². The fraction of sp³-hybridized carbons (Fsp3) is 0.481. The van der Waals surface area contributed by atoms with E-state index in [-0.39, 0.29) is 17.4 Å². The minimum Gasteiger partial charge on any atom is -0.497 e. The van der Waals surface area contributed by atoms with Gasteiger partial charge >= 0.3 is 0 Å². The fourth-order valence-corrected chi connectivity index (χ4v) is 3.61. The van der Waals surface area contributed by atoms with E-state index >= 15 is 0 Å². The smallest absolute Gasteiger partial charge is 0.243 e. The van der Waals surface area contributed by atoms with Crippen molar-refractivity contribution in [3.05, 3.63) is 59.7 Å². The molecule has 33 heavy (non-hydrogen) atoms. The molecule has 0 fully saturated rings. The lowest BCUT2D eigenvalue weighted by Gasteiger charge is -2.33. The summed E-state index contributed by atoms with van der Waals surface area (Å²) in [5.74, 6) is 1.32. The predicted molar refractivity (Wildman–Crippen MR) is 131 cm³/mol. The van der Waals surface area contributed by atoms with Crippen molar-refractivity contribution >= 4 is 11.8 Å². The molecule has 0 aliphatic carbocycles. The summed E-state index contributed by atoms with van der Waals surface area (Å²) in [4.78, 5) is 28.0. The molecule has 2 aromatic carbocycles. The maximum Gasteiger partial charge on any atom is 0.243 e. The van der Waals surface area contributed by atoms with Gasteiger partial charge in [0.1, 0.15) is 17.5 Å². The predicted octanol–water partition coefficient (Wildman–Crippen LogP) is 4.88. The van der Waals surface area contributed by atoms with Crippen LogP contribution in [0.1, 0.15) is 58.1 Å². The van der Waals surface area contributed by atoms with Crippen molar-refractivity contribution < 1.29 is 19.1 Å². The lowest BCUT2D eigenvalue weighted by Crippen LogP contribution is -2.53. The van der Waals surface area contributed by atoms with Crippen molar-refractivity contribution in [3.8, 4) is 11.5 Å². The summed E-state index contributed by atoms with van der Waals surface area (Å²) in [6.07, 6.45) is 1.41. The average Bonchev–Trinajstić information content (AvgIpc) is 2.75. The highest BCUT2D eigenvalue weighted by molar-refractivity contribution is 5.88. The minimum absolute atomic E-state index is 0.0502. The number of carbonyl (C=O) groups excluding carboxylic acids is 2. The Morgan fingerprint density at radius 1 is 1.06 bits per heavy atom. The van der Waals surface area contributed by atoms with Gasteiger partial charge in [-0.15, -0.1) is 0 Å². The lowest BCUT2D eigenvalue weighted by molar-refractivity contribution is -0.142. The van der Waals surface area contributed by atoms with Gasteiger partial charge in [0, 0.05) is 18.5 Å². The first kappa shape index (κ1) is 26.2. The topological polar surface area (TPSA) is 67.9 Å². The number of hydrogen-bond donors (Lipinski definition) is 1. The van der Waals surface area contributed by atoms with Crippen LogP contribution in [0.3, 0.4) is 0 Å². The van der Waals surface area contributed by atoms with Gasteiger partial charge in [-0.3, -0.25) is 9.59 Å². The van der Waals surface area contributed by atoms with E-state index in [9.17, 15) is 9.59 Å². The van der Waals surface area contributed by atoms with Crippen molar-refractivity contribution in [3.63, 3.8) is 0 Å². The number of methoxy groups -OCH3 is 1. The number of hydrogen-bond acceptors (Lipinski definition) is 4. The van der Waals surface area contributed by atoms with E-state index in [4.69, 9.17) is 9.47 Å². The van der Waals surface area contributed by atoms with E-state index < -0.39 is 6.04 Å². The number of amides is 2. The molecular formula is C27H38N2O4. The van der Waals surface area contributed by atoms with Crippen LogP contribution in [0.15, 0.2) is 48.5 Å². The molecule has 2 rings (SSSR count). The Balaban J connectivity index is 2.06. The number of ether oxygens (including phenoxy) is 2. The summed E-state index contributed by atoms with van der Waals surface area (Å²) < 4.78 is 10.9. The van der Waals surface area contributed by atoms with Gasteiger partial charge in [0.25, 0.3) is 0 Å². The molecule has 0 aliphatic rings. The van der Waals surface area contributed by atoms with E-state index in [1.165, 1.54) is 0 Å². The van der Waals surface area contributed by atoms with Crippen LogP contribution in [0.2, 0.25) is 0 Å². The molecule has 0 heterocycles. The molecule has 1 atom stereocenters. The van der Waals surface area contributed by atoms with Crippen LogP contribution in [-0.2, 0) is 16.1 Å². The number of aryl methyl sites for hydroxylation is 1. The van der Waals surface area contributed by atoms with Gasteiger partial charge < -0.3 is 19.7 Å². The van der Waals surface area contributed by atoms with E-state index in [0.717, 1.165) is 22.6 Å². The maximum absolute atomic E-state index is 13.3. The molecular weight excluding hydrogens is 416 g/mol. The minimum atomic E-state index is -0.528. The van der Waals surface area contributed by atoms with Crippen molar-refractivity contribution in [2.45, 2.75) is 72.0 Å². The first-order valence-corrected chi connectivity index (χ1v) is 11.6. The van der Waals surface area contributed by atoms with Crippen LogP contribution < -0.4 is 14.8 Å². The molecule has 0 saturated carbocycles. The summed E-state index contributed by atoms with van der Waals surface area (Å²) in [6.45, 7) is 10.6. The van der Waals surface area contributed by atoms with Gasteiger partial charge in [-0.1, -0.05) is 36.8 Å². The van der Waals surface area contributed by atoms with Crippen LogP contribution in [0.5, 0.6) is 11.5 Å². The average molecular weight is 455 g/mol. The molecule has 0 saturated heterocycles. The largest absolute Gasteiger partial charge is 0.497 e. The zero-order valence-corrected chi connectivity index (χ0v) is 20.8. The van der Waals surface area contributed by atoms with Crippen LogP contribution in [-0.4, -0.2) is 42.0 Å².